The van der Waals surface area contributed by atoms with Crippen LogP contribution < -0.4 is 10.6 Å². The number of nitrogens with one attached hydrogen (secondary N) is 2. The van der Waals surface area contributed by atoms with Crippen LogP contribution in [0.5, 0.6) is 0 Å². The molecule has 2 heterocycles. The van der Waals surface area contributed by atoms with Crippen molar-refractivity contribution in [2.24, 2.45) is 7.05 Å². The standard InChI is InChI=1S/C19H22N4O2S/c1-3-20-12-14-5-4-6-15(11-14)22-18(24)17-8-7-16(25-17)13-26-19-21-9-10-23(19)2/h4-11,20H,3,12-13H2,1-2H3,(H,22,24). The number of amides is 1. The number of aryl methyl sites for hydroxylation is 1. The van der Waals surface area contributed by atoms with Crippen molar-refractivity contribution in [1.29, 1.82) is 0 Å². The summed E-state index contributed by atoms with van der Waals surface area (Å²) in [5, 5.41) is 7.06. The molecular formula is C19H22N4O2S. The second-order valence-corrected chi connectivity index (χ2v) is 6.75. The zero-order chi connectivity index (χ0) is 18.4. The van der Waals surface area contributed by atoms with E-state index in [4.69, 9.17) is 4.42 Å². The number of hydrogen-bond donors (Lipinski definition) is 2. The third-order valence-electron chi connectivity index (χ3n) is 3.77. The van der Waals surface area contributed by atoms with E-state index in [-0.39, 0.29) is 5.91 Å². The highest BCUT2D eigenvalue weighted by molar-refractivity contribution is 7.98. The summed E-state index contributed by atoms with van der Waals surface area (Å²) in [7, 11) is 1.94. The van der Waals surface area contributed by atoms with Crippen molar-refractivity contribution in [1.82, 2.24) is 14.9 Å². The van der Waals surface area contributed by atoms with Crippen molar-refractivity contribution in [2.45, 2.75) is 24.4 Å². The molecule has 0 spiro atoms. The Morgan fingerprint density at radius 3 is 2.96 bits per heavy atom. The number of aromatic nitrogens is 2. The molecule has 6 nitrogen and oxygen atoms in total. The maximum absolute atomic E-state index is 12.4. The molecule has 3 aromatic rings. The van der Waals surface area contributed by atoms with Crippen LogP contribution in [0.3, 0.4) is 0 Å². The van der Waals surface area contributed by atoms with Gasteiger partial charge in [0.1, 0.15) is 5.76 Å². The molecule has 0 aliphatic carbocycles. The minimum absolute atomic E-state index is 0.251. The van der Waals surface area contributed by atoms with Crippen LogP contribution >= 0.6 is 11.8 Å². The number of thioether (sulfide) groups is 1. The normalized spacial score (nSPS) is 10.8. The molecule has 0 atom stereocenters. The zero-order valence-corrected chi connectivity index (χ0v) is 15.7. The summed E-state index contributed by atoms with van der Waals surface area (Å²) < 4.78 is 7.61. The predicted molar refractivity (Wildman–Crippen MR) is 103 cm³/mol. The summed E-state index contributed by atoms with van der Waals surface area (Å²) >= 11 is 1.56. The smallest absolute Gasteiger partial charge is 0.291 e. The highest BCUT2D eigenvalue weighted by Gasteiger charge is 2.12. The van der Waals surface area contributed by atoms with Gasteiger partial charge in [0, 0.05) is 31.7 Å². The van der Waals surface area contributed by atoms with Crippen molar-refractivity contribution in [2.75, 3.05) is 11.9 Å². The SMILES string of the molecule is CCNCc1cccc(NC(=O)c2ccc(CSc3nccn3C)o2)c1. The van der Waals surface area contributed by atoms with E-state index in [9.17, 15) is 4.79 Å². The van der Waals surface area contributed by atoms with Crippen molar-refractivity contribution in [3.05, 3.63) is 65.9 Å². The number of anilines is 1. The van der Waals surface area contributed by atoms with Gasteiger partial charge >= 0.3 is 0 Å². The van der Waals surface area contributed by atoms with E-state index in [1.807, 2.05) is 48.1 Å². The summed E-state index contributed by atoms with van der Waals surface area (Å²) in [6.45, 7) is 3.74. The molecule has 1 amide bonds. The second kappa shape index (κ2) is 8.73. The maximum atomic E-state index is 12.4. The fourth-order valence-corrected chi connectivity index (χ4v) is 3.25. The van der Waals surface area contributed by atoms with Gasteiger partial charge in [-0.15, -0.1) is 0 Å². The van der Waals surface area contributed by atoms with Crippen molar-refractivity contribution in [3.63, 3.8) is 0 Å². The lowest BCUT2D eigenvalue weighted by atomic mass is 10.2. The maximum Gasteiger partial charge on any atom is 0.291 e. The summed E-state index contributed by atoms with van der Waals surface area (Å²) in [6.07, 6.45) is 3.65. The average molecular weight is 370 g/mol. The zero-order valence-electron chi connectivity index (χ0n) is 14.9. The monoisotopic (exact) mass is 370 g/mol. The molecule has 1 aromatic carbocycles. The Morgan fingerprint density at radius 2 is 2.19 bits per heavy atom. The van der Waals surface area contributed by atoms with Crippen LogP contribution in [0.4, 0.5) is 5.69 Å². The highest BCUT2D eigenvalue weighted by Crippen LogP contribution is 2.22. The minimum atomic E-state index is -0.251. The number of hydrogen-bond acceptors (Lipinski definition) is 5. The minimum Gasteiger partial charge on any atom is -0.455 e. The lowest BCUT2D eigenvalue weighted by Gasteiger charge is -2.07. The van der Waals surface area contributed by atoms with E-state index < -0.39 is 0 Å². The van der Waals surface area contributed by atoms with Crippen LogP contribution in [-0.2, 0) is 19.3 Å². The van der Waals surface area contributed by atoms with Gasteiger partial charge in [-0.1, -0.05) is 30.8 Å². The lowest BCUT2D eigenvalue weighted by molar-refractivity contribution is 0.0995. The first-order valence-electron chi connectivity index (χ1n) is 8.45. The van der Waals surface area contributed by atoms with Gasteiger partial charge in [-0.3, -0.25) is 4.79 Å². The van der Waals surface area contributed by atoms with E-state index in [2.05, 4.69) is 22.5 Å². The first-order valence-corrected chi connectivity index (χ1v) is 9.44. The van der Waals surface area contributed by atoms with Crippen LogP contribution in [0, 0.1) is 0 Å². The van der Waals surface area contributed by atoms with Gasteiger partial charge in [0.25, 0.3) is 5.91 Å². The van der Waals surface area contributed by atoms with Crippen LogP contribution in [0.2, 0.25) is 0 Å². The number of furan rings is 1. The van der Waals surface area contributed by atoms with E-state index in [0.717, 1.165) is 35.3 Å². The molecule has 2 aromatic heterocycles. The van der Waals surface area contributed by atoms with Gasteiger partial charge in [-0.25, -0.2) is 4.98 Å². The molecule has 0 aliphatic rings. The van der Waals surface area contributed by atoms with Gasteiger partial charge in [0.15, 0.2) is 10.9 Å². The molecule has 0 fully saturated rings. The van der Waals surface area contributed by atoms with Crippen molar-refractivity contribution < 1.29 is 9.21 Å². The first kappa shape index (κ1) is 18.3. The number of benzene rings is 1. The van der Waals surface area contributed by atoms with Gasteiger partial charge in [0.2, 0.25) is 0 Å². The summed E-state index contributed by atoms with van der Waals surface area (Å²) in [4.78, 5) is 16.7. The largest absolute Gasteiger partial charge is 0.455 e. The van der Waals surface area contributed by atoms with Crippen LogP contribution in [0.1, 0.15) is 28.8 Å². The number of rotatable bonds is 8. The number of nitrogens with zero attached hydrogens (tertiary/aromatic N) is 2. The Labute approximate surface area is 157 Å². The van der Waals surface area contributed by atoms with Crippen LogP contribution in [0.25, 0.3) is 0 Å². The quantitative estimate of drug-likeness (QED) is 0.592. The molecule has 26 heavy (non-hydrogen) atoms. The third-order valence-corrected chi connectivity index (χ3v) is 4.85. The molecule has 0 saturated carbocycles. The lowest BCUT2D eigenvalue weighted by Crippen LogP contribution is -2.13. The summed E-state index contributed by atoms with van der Waals surface area (Å²) in [6, 6.07) is 11.3. The Morgan fingerprint density at radius 1 is 1.31 bits per heavy atom. The van der Waals surface area contributed by atoms with Gasteiger partial charge in [-0.2, -0.15) is 0 Å². The van der Waals surface area contributed by atoms with E-state index in [1.54, 1.807) is 24.0 Å². The molecule has 0 aliphatic heterocycles. The molecule has 136 valence electrons. The Balaban J connectivity index is 1.58. The van der Waals surface area contributed by atoms with Crippen molar-refractivity contribution in [3.8, 4) is 0 Å². The van der Waals surface area contributed by atoms with Crippen LogP contribution in [0.15, 0.2) is 58.4 Å². The molecular weight excluding hydrogens is 348 g/mol. The summed E-state index contributed by atoms with van der Waals surface area (Å²) in [5.74, 6) is 1.41. The van der Waals surface area contributed by atoms with E-state index in [1.165, 1.54) is 0 Å². The third kappa shape index (κ3) is 4.77. The molecule has 2 N–H and O–H groups in total. The second-order valence-electron chi connectivity index (χ2n) is 5.81. The van der Waals surface area contributed by atoms with Crippen LogP contribution in [-0.4, -0.2) is 22.0 Å². The molecule has 0 radical (unpaired) electrons. The highest BCUT2D eigenvalue weighted by atomic mass is 32.2. The fraction of sp³-hybridized carbons (Fsp3) is 0.263. The average Bonchev–Trinajstić information content (AvgIpc) is 3.27. The molecule has 0 unspecified atom stereocenters. The van der Waals surface area contributed by atoms with Gasteiger partial charge in [0.05, 0.1) is 5.75 Å². The molecule has 3 rings (SSSR count). The Hall–Kier alpha value is -2.51. The Bertz CT molecular complexity index is 872. The Kier molecular flexibility index (Phi) is 6.14. The van der Waals surface area contributed by atoms with Gasteiger partial charge < -0.3 is 19.6 Å². The van der Waals surface area contributed by atoms with E-state index in [0.29, 0.717) is 11.5 Å². The molecule has 7 heteroatoms. The van der Waals surface area contributed by atoms with Gasteiger partial charge in [-0.05, 0) is 36.4 Å². The topological polar surface area (TPSA) is 72.1 Å². The van der Waals surface area contributed by atoms with E-state index >= 15 is 0 Å². The number of imidazole rings is 1. The number of carbonyl (C=O) groups is 1. The van der Waals surface area contributed by atoms with Crippen molar-refractivity contribution >= 4 is 23.4 Å². The predicted octanol–water partition coefficient (Wildman–Crippen LogP) is 3.67. The molecule has 0 saturated heterocycles. The first-order chi connectivity index (χ1) is 12.7. The fourth-order valence-electron chi connectivity index (χ4n) is 2.43. The molecule has 0 bridgehead atoms. The summed E-state index contributed by atoms with van der Waals surface area (Å²) in [5.41, 5.74) is 1.88. The number of carbonyl (C=O) groups excluding carboxylic acids is 1.